The summed E-state index contributed by atoms with van der Waals surface area (Å²) in [6, 6.07) is 16.7. The van der Waals surface area contributed by atoms with Gasteiger partial charge in [0.25, 0.3) is 0 Å². The summed E-state index contributed by atoms with van der Waals surface area (Å²) in [4.78, 5) is 23.9. The summed E-state index contributed by atoms with van der Waals surface area (Å²) in [6.45, 7) is 0.418. The molecule has 0 aromatic heterocycles. The van der Waals surface area contributed by atoms with Crippen LogP contribution in [0.5, 0.6) is 0 Å². The third-order valence-corrected chi connectivity index (χ3v) is 4.22. The molecule has 7 nitrogen and oxygen atoms in total. The first-order chi connectivity index (χ1) is 13.1. The summed E-state index contributed by atoms with van der Waals surface area (Å²) >= 11 is 0. The number of para-hydroxylation sites is 1. The summed E-state index contributed by atoms with van der Waals surface area (Å²) in [6.07, 6.45) is -0.268. The molecule has 0 radical (unpaired) electrons. The lowest BCUT2D eigenvalue weighted by Gasteiger charge is -2.14. The summed E-state index contributed by atoms with van der Waals surface area (Å²) < 4.78 is 4.97. The normalized spacial score (nSPS) is 18.7. The molecule has 1 heterocycles. The van der Waals surface area contributed by atoms with E-state index in [1.165, 1.54) is 0 Å². The fourth-order valence-electron chi connectivity index (χ4n) is 2.77. The first-order valence-corrected chi connectivity index (χ1v) is 8.91. The SMILES string of the molecule is O=C(CCC(=O)N[C@H]1CCOC1O)Nc1ccc(Nc2ccccc2)cc1. The van der Waals surface area contributed by atoms with Gasteiger partial charge in [-0.2, -0.15) is 0 Å². The van der Waals surface area contributed by atoms with Gasteiger partial charge in [-0.15, -0.1) is 0 Å². The highest BCUT2D eigenvalue weighted by atomic mass is 16.6. The number of nitrogens with one attached hydrogen (secondary N) is 3. The van der Waals surface area contributed by atoms with E-state index in [4.69, 9.17) is 4.74 Å². The summed E-state index contributed by atoms with van der Waals surface area (Å²) in [5.41, 5.74) is 2.56. The van der Waals surface area contributed by atoms with E-state index in [0.29, 0.717) is 18.7 Å². The molecule has 2 aromatic rings. The summed E-state index contributed by atoms with van der Waals surface area (Å²) in [5.74, 6) is -0.515. The Labute approximate surface area is 157 Å². The van der Waals surface area contributed by atoms with Crippen LogP contribution in [0.15, 0.2) is 54.6 Å². The fourth-order valence-corrected chi connectivity index (χ4v) is 2.77. The van der Waals surface area contributed by atoms with Crippen molar-refractivity contribution in [1.82, 2.24) is 5.32 Å². The van der Waals surface area contributed by atoms with Crippen LogP contribution in [0.2, 0.25) is 0 Å². The lowest BCUT2D eigenvalue weighted by molar-refractivity contribution is -0.127. The second-order valence-electron chi connectivity index (χ2n) is 6.34. The second kappa shape index (κ2) is 9.16. The van der Waals surface area contributed by atoms with Crippen molar-refractivity contribution in [2.45, 2.75) is 31.6 Å². The number of hydrogen-bond donors (Lipinski definition) is 4. The van der Waals surface area contributed by atoms with E-state index in [1.54, 1.807) is 12.1 Å². The quantitative estimate of drug-likeness (QED) is 0.600. The molecule has 1 unspecified atom stereocenters. The second-order valence-corrected chi connectivity index (χ2v) is 6.34. The zero-order chi connectivity index (χ0) is 19.1. The number of aliphatic hydroxyl groups excluding tert-OH is 1. The van der Waals surface area contributed by atoms with Gasteiger partial charge in [-0.25, -0.2) is 0 Å². The Morgan fingerprint density at radius 2 is 1.56 bits per heavy atom. The molecular weight excluding hydrogens is 346 g/mol. The summed E-state index contributed by atoms with van der Waals surface area (Å²) in [7, 11) is 0. The van der Waals surface area contributed by atoms with Gasteiger partial charge < -0.3 is 25.8 Å². The van der Waals surface area contributed by atoms with E-state index in [0.717, 1.165) is 11.4 Å². The third-order valence-electron chi connectivity index (χ3n) is 4.22. The molecule has 4 N–H and O–H groups in total. The van der Waals surface area contributed by atoms with E-state index >= 15 is 0 Å². The largest absolute Gasteiger partial charge is 0.366 e. The third kappa shape index (κ3) is 5.80. The molecule has 1 aliphatic heterocycles. The van der Waals surface area contributed by atoms with Gasteiger partial charge in [-0.05, 0) is 42.8 Å². The maximum Gasteiger partial charge on any atom is 0.224 e. The van der Waals surface area contributed by atoms with Crippen LogP contribution >= 0.6 is 0 Å². The molecule has 0 bridgehead atoms. The predicted molar refractivity (Wildman–Crippen MR) is 103 cm³/mol. The molecule has 2 aromatic carbocycles. The van der Waals surface area contributed by atoms with Crippen LogP contribution in [0.1, 0.15) is 19.3 Å². The van der Waals surface area contributed by atoms with Crippen molar-refractivity contribution in [3.05, 3.63) is 54.6 Å². The lowest BCUT2D eigenvalue weighted by atomic mass is 10.2. The van der Waals surface area contributed by atoms with Crippen LogP contribution in [0.3, 0.4) is 0 Å². The number of carbonyl (C=O) groups is 2. The minimum Gasteiger partial charge on any atom is -0.366 e. The van der Waals surface area contributed by atoms with Crippen LogP contribution in [0.25, 0.3) is 0 Å². The fraction of sp³-hybridized carbons (Fsp3) is 0.300. The Kier molecular flexibility index (Phi) is 6.40. The smallest absolute Gasteiger partial charge is 0.224 e. The van der Waals surface area contributed by atoms with Crippen LogP contribution in [-0.2, 0) is 14.3 Å². The Hall–Kier alpha value is -2.90. The number of amides is 2. The maximum absolute atomic E-state index is 12.0. The Balaban J connectivity index is 1.41. The van der Waals surface area contributed by atoms with Crippen LogP contribution < -0.4 is 16.0 Å². The van der Waals surface area contributed by atoms with Crippen molar-refractivity contribution < 1.29 is 19.4 Å². The number of hydrogen-bond acceptors (Lipinski definition) is 5. The van der Waals surface area contributed by atoms with E-state index in [2.05, 4.69) is 16.0 Å². The topological polar surface area (TPSA) is 99.7 Å². The van der Waals surface area contributed by atoms with Crippen molar-refractivity contribution in [3.8, 4) is 0 Å². The molecule has 2 amide bonds. The zero-order valence-corrected chi connectivity index (χ0v) is 14.9. The molecule has 1 saturated heterocycles. The van der Waals surface area contributed by atoms with Gasteiger partial charge in [0.1, 0.15) is 0 Å². The Morgan fingerprint density at radius 1 is 0.926 bits per heavy atom. The van der Waals surface area contributed by atoms with Gasteiger partial charge >= 0.3 is 0 Å². The van der Waals surface area contributed by atoms with Crippen molar-refractivity contribution >= 4 is 28.9 Å². The molecular formula is C20H23N3O4. The monoisotopic (exact) mass is 369 g/mol. The number of aliphatic hydroxyl groups is 1. The van der Waals surface area contributed by atoms with Gasteiger partial charge in [0.15, 0.2) is 6.29 Å². The summed E-state index contributed by atoms with van der Waals surface area (Å²) in [5, 5.41) is 18.2. The highest BCUT2D eigenvalue weighted by Crippen LogP contribution is 2.19. The molecule has 1 fully saturated rings. The van der Waals surface area contributed by atoms with Crippen LogP contribution in [0.4, 0.5) is 17.1 Å². The molecule has 0 aliphatic carbocycles. The van der Waals surface area contributed by atoms with Crippen LogP contribution in [0, 0.1) is 0 Å². The standard InChI is InChI=1S/C20H23N3O4/c24-18(10-11-19(25)23-17-12-13-27-20(17)26)22-16-8-6-15(7-9-16)21-14-4-2-1-3-5-14/h1-9,17,20-21,26H,10-13H2,(H,22,24)(H,23,25)/t17-,20?/m0/s1. The van der Waals surface area contributed by atoms with Gasteiger partial charge in [0.05, 0.1) is 12.6 Å². The minimum atomic E-state index is -0.967. The van der Waals surface area contributed by atoms with E-state index in [1.807, 2.05) is 42.5 Å². The minimum absolute atomic E-state index is 0.0582. The van der Waals surface area contributed by atoms with E-state index in [-0.39, 0.29) is 24.7 Å². The highest BCUT2D eigenvalue weighted by molar-refractivity contribution is 5.93. The molecule has 1 aliphatic rings. The van der Waals surface area contributed by atoms with Gasteiger partial charge in [-0.3, -0.25) is 9.59 Å². The van der Waals surface area contributed by atoms with Crippen LogP contribution in [-0.4, -0.2) is 35.9 Å². The number of ether oxygens (including phenoxy) is 1. The van der Waals surface area contributed by atoms with Crippen molar-refractivity contribution in [1.29, 1.82) is 0 Å². The van der Waals surface area contributed by atoms with Gasteiger partial charge in [0.2, 0.25) is 11.8 Å². The van der Waals surface area contributed by atoms with E-state index < -0.39 is 12.3 Å². The lowest BCUT2D eigenvalue weighted by Crippen LogP contribution is -2.40. The van der Waals surface area contributed by atoms with Gasteiger partial charge in [0, 0.05) is 29.9 Å². The number of rotatable bonds is 7. The predicted octanol–water partition coefficient (Wildman–Crippen LogP) is 2.37. The van der Waals surface area contributed by atoms with E-state index in [9.17, 15) is 14.7 Å². The molecule has 27 heavy (non-hydrogen) atoms. The van der Waals surface area contributed by atoms with Crippen molar-refractivity contribution in [3.63, 3.8) is 0 Å². The molecule has 3 rings (SSSR count). The molecule has 2 atom stereocenters. The maximum atomic E-state index is 12.0. The molecule has 0 spiro atoms. The van der Waals surface area contributed by atoms with Gasteiger partial charge in [-0.1, -0.05) is 18.2 Å². The average Bonchev–Trinajstić information content (AvgIpc) is 3.07. The zero-order valence-electron chi connectivity index (χ0n) is 14.9. The first-order valence-electron chi connectivity index (χ1n) is 8.91. The number of benzene rings is 2. The van der Waals surface area contributed by atoms with Crippen molar-refractivity contribution in [2.75, 3.05) is 17.2 Å². The molecule has 0 saturated carbocycles. The Morgan fingerprint density at radius 3 is 2.22 bits per heavy atom. The first kappa shape index (κ1) is 18.9. The molecule has 142 valence electrons. The van der Waals surface area contributed by atoms with Crippen molar-refractivity contribution in [2.24, 2.45) is 0 Å². The molecule has 7 heteroatoms. The highest BCUT2D eigenvalue weighted by Gasteiger charge is 2.27. The Bertz CT molecular complexity index is 765. The number of carbonyl (C=O) groups excluding carboxylic acids is 2. The number of anilines is 3. The average molecular weight is 369 g/mol.